The van der Waals surface area contributed by atoms with Crippen LogP contribution in [0, 0.1) is 13.8 Å². The van der Waals surface area contributed by atoms with Crippen LogP contribution in [0.4, 0.5) is 5.82 Å². The summed E-state index contributed by atoms with van der Waals surface area (Å²) in [7, 11) is 0. The summed E-state index contributed by atoms with van der Waals surface area (Å²) in [5, 5.41) is 3.63. The Morgan fingerprint density at radius 1 is 1.32 bits per heavy atom. The average Bonchev–Trinajstić information content (AvgIpc) is 3.18. The van der Waals surface area contributed by atoms with Crippen LogP contribution in [-0.4, -0.2) is 24.1 Å². The van der Waals surface area contributed by atoms with E-state index in [2.05, 4.69) is 44.0 Å². The van der Waals surface area contributed by atoms with E-state index in [9.17, 15) is 0 Å². The van der Waals surface area contributed by atoms with Gasteiger partial charge < -0.3 is 10.2 Å². The van der Waals surface area contributed by atoms with Gasteiger partial charge in [0.15, 0.2) is 0 Å². The first kappa shape index (κ1) is 14.3. The van der Waals surface area contributed by atoms with Crippen molar-refractivity contribution >= 4 is 5.82 Å². The lowest BCUT2D eigenvalue weighted by Crippen LogP contribution is -2.28. The van der Waals surface area contributed by atoms with Crippen LogP contribution in [0.2, 0.25) is 0 Å². The molecular formula is C16H27N3. The van der Waals surface area contributed by atoms with E-state index >= 15 is 0 Å². The highest BCUT2D eigenvalue weighted by atomic mass is 15.2. The van der Waals surface area contributed by atoms with E-state index in [4.69, 9.17) is 4.98 Å². The molecule has 1 aliphatic carbocycles. The van der Waals surface area contributed by atoms with Gasteiger partial charge in [-0.05, 0) is 51.7 Å². The van der Waals surface area contributed by atoms with Gasteiger partial charge in [-0.1, -0.05) is 6.92 Å². The molecule has 1 aliphatic rings. The third kappa shape index (κ3) is 3.69. The van der Waals surface area contributed by atoms with Gasteiger partial charge in [-0.3, -0.25) is 0 Å². The lowest BCUT2D eigenvalue weighted by molar-refractivity contribution is 0.674. The molecule has 1 saturated carbocycles. The summed E-state index contributed by atoms with van der Waals surface area (Å²) in [6, 6.07) is 2.95. The Morgan fingerprint density at radius 2 is 2.05 bits per heavy atom. The zero-order valence-corrected chi connectivity index (χ0v) is 12.8. The van der Waals surface area contributed by atoms with Crippen LogP contribution in [0.5, 0.6) is 0 Å². The lowest BCUT2D eigenvalue weighted by Gasteiger charge is -2.26. The Balaban J connectivity index is 2.25. The fraction of sp³-hybridized carbons (Fsp3) is 0.688. The average molecular weight is 261 g/mol. The van der Waals surface area contributed by atoms with Gasteiger partial charge in [-0.2, -0.15) is 0 Å². The largest absolute Gasteiger partial charge is 0.357 e. The van der Waals surface area contributed by atoms with Crippen molar-refractivity contribution in [1.29, 1.82) is 0 Å². The molecule has 1 aromatic rings. The monoisotopic (exact) mass is 261 g/mol. The van der Waals surface area contributed by atoms with Crippen molar-refractivity contribution in [1.82, 2.24) is 10.3 Å². The molecule has 0 atom stereocenters. The van der Waals surface area contributed by atoms with Crippen LogP contribution < -0.4 is 10.2 Å². The van der Waals surface area contributed by atoms with E-state index < -0.39 is 0 Å². The zero-order valence-electron chi connectivity index (χ0n) is 12.8. The number of aromatic nitrogens is 1. The molecule has 19 heavy (non-hydrogen) atoms. The molecule has 0 saturated heterocycles. The number of nitrogens with zero attached hydrogens (tertiary/aromatic N) is 2. The predicted molar refractivity (Wildman–Crippen MR) is 81.8 cm³/mol. The molecule has 1 heterocycles. The van der Waals surface area contributed by atoms with Crippen LogP contribution in [0.1, 0.15) is 49.9 Å². The minimum absolute atomic E-state index is 0.745. The summed E-state index contributed by atoms with van der Waals surface area (Å²) in [6.07, 6.45) is 3.83. The highest BCUT2D eigenvalue weighted by Crippen LogP contribution is 2.25. The number of hydrogen-bond acceptors (Lipinski definition) is 3. The van der Waals surface area contributed by atoms with Crippen LogP contribution in [-0.2, 0) is 6.54 Å². The highest BCUT2D eigenvalue weighted by molar-refractivity contribution is 5.51. The summed E-state index contributed by atoms with van der Waals surface area (Å²) in [6.45, 7) is 11.8. The first-order valence-electron chi connectivity index (χ1n) is 7.61. The smallest absolute Gasteiger partial charge is 0.133 e. The fourth-order valence-electron chi connectivity index (χ4n) is 2.54. The second-order valence-electron chi connectivity index (χ2n) is 5.62. The van der Waals surface area contributed by atoms with Gasteiger partial charge in [-0.25, -0.2) is 4.98 Å². The fourth-order valence-corrected chi connectivity index (χ4v) is 2.54. The molecule has 1 aromatic heterocycles. The Hall–Kier alpha value is -1.09. The summed E-state index contributed by atoms with van der Waals surface area (Å²) in [4.78, 5) is 7.21. The quantitative estimate of drug-likeness (QED) is 0.817. The standard InChI is InChI=1S/C16H27N3/c1-5-9-19(6-2)16-15(11-17-14-7-8-14)12(3)10-13(4)18-16/h10,14,17H,5-9,11H2,1-4H3. The Bertz CT molecular complexity index is 424. The predicted octanol–water partition coefficient (Wildman–Crippen LogP) is 3.19. The SMILES string of the molecule is CCCN(CC)c1nc(C)cc(C)c1CNC1CC1. The van der Waals surface area contributed by atoms with Crippen molar-refractivity contribution in [2.24, 2.45) is 0 Å². The molecule has 3 heteroatoms. The third-order valence-electron chi connectivity index (χ3n) is 3.77. The van der Waals surface area contributed by atoms with Crippen LogP contribution in [0.15, 0.2) is 6.07 Å². The molecule has 106 valence electrons. The van der Waals surface area contributed by atoms with Gasteiger partial charge in [0.05, 0.1) is 0 Å². The molecule has 0 aromatic carbocycles. The molecule has 1 N–H and O–H groups in total. The normalized spacial score (nSPS) is 14.7. The van der Waals surface area contributed by atoms with Crippen LogP contribution >= 0.6 is 0 Å². The molecule has 0 aliphatic heterocycles. The van der Waals surface area contributed by atoms with Gasteiger partial charge in [0.1, 0.15) is 5.82 Å². The van der Waals surface area contributed by atoms with E-state index in [1.54, 1.807) is 0 Å². The van der Waals surface area contributed by atoms with E-state index in [1.807, 2.05) is 0 Å². The Labute approximate surface area is 117 Å². The van der Waals surface area contributed by atoms with Gasteiger partial charge in [-0.15, -0.1) is 0 Å². The molecule has 0 bridgehead atoms. The van der Waals surface area contributed by atoms with Crippen molar-refractivity contribution in [3.63, 3.8) is 0 Å². The molecule has 0 unspecified atom stereocenters. The number of rotatable bonds is 7. The molecular weight excluding hydrogens is 234 g/mol. The second kappa shape index (κ2) is 6.38. The first-order valence-corrected chi connectivity index (χ1v) is 7.61. The summed E-state index contributed by atoms with van der Waals surface area (Å²) >= 11 is 0. The first-order chi connectivity index (χ1) is 9.15. The minimum Gasteiger partial charge on any atom is -0.357 e. The van der Waals surface area contributed by atoms with Gasteiger partial charge in [0, 0.05) is 36.9 Å². The van der Waals surface area contributed by atoms with Gasteiger partial charge in [0.2, 0.25) is 0 Å². The maximum absolute atomic E-state index is 4.81. The number of aryl methyl sites for hydroxylation is 2. The molecule has 1 fully saturated rings. The number of hydrogen-bond donors (Lipinski definition) is 1. The number of anilines is 1. The maximum Gasteiger partial charge on any atom is 0.133 e. The molecule has 3 nitrogen and oxygen atoms in total. The third-order valence-corrected chi connectivity index (χ3v) is 3.77. The maximum atomic E-state index is 4.81. The Morgan fingerprint density at radius 3 is 2.63 bits per heavy atom. The Kier molecular flexibility index (Phi) is 4.81. The summed E-state index contributed by atoms with van der Waals surface area (Å²) in [5.41, 5.74) is 3.87. The van der Waals surface area contributed by atoms with E-state index in [0.29, 0.717) is 0 Å². The lowest BCUT2D eigenvalue weighted by atomic mass is 10.1. The molecule has 0 spiro atoms. The van der Waals surface area contributed by atoms with Crippen molar-refractivity contribution in [3.05, 3.63) is 22.9 Å². The molecule has 2 rings (SSSR count). The van der Waals surface area contributed by atoms with E-state index in [-0.39, 0.29) is 0 Å². The zero-order chi connectivity index (χ0) is 13.8. The van der Waals surface area contributed by atoms with E-state index in [0.717, 1.165) is 37.8 Å². The van der Waals surface area contributed by atoms with Crippen molar-refractivity contribution in [3.8, 4) is 0 Å². The van der Waals surface area contributed by atoms with Crippen LogP contribution in [0.3, 0.4) is 0 Å². The highest BCUT2D eigenvalue weighted by Gasteiger charge is 2.22. The summed E-state index contributed by atoms with van der Waals surface area (Å²) < 4.78 is 0. The van der Waals surface area contributed by atoms with Crippen molar-refractivity contribution < 1.29 is 0 Å². The summed E-state index contributed by atoms with van der Waals surface area (Å²) in [5.74, 6) is 1.19. The van der Waals surface area contributed by atoms with E-state index in [1.165, 1.54) is 29.8 Å². The van der Waals surface area contributed by atoms with Crippen LogP contribution in [0.25, 0.3) is 0 Å². The topological polar surface area (TPSA) is 28.2 Å². The molecule has 0 amide bonds. The van der Waals surface area contributed by atoms with Crippen molar-refractivity contribution in [2.45, 2.75) is 59.5 Å². The van der Waals surface area contributed by atoms with Gasteiger partial charge in [0.25, 0.3) is 0 Å². The number of pyridine rings is 1. The molecule has 0 radical (unpaired) electrons. The second-order valence-corrected chi connectivity index (χ2v) is 5.62. The van der Waals surface area contributed by atoms with Gasteiger partial charge >= 0.3 is 0 Å². The number of nitrogens with one attached hydrogen (secondary N) is 1. The van der Waals surface area contributed by atoms with Crippen molar-refractivity contribution in [2.75, 3.05) is 18.0 Å². The minimum atomic E-state index is 0.745.